The number of ether oxygens (including phenoxy) is 1. The van der Waals surface area contributed by atoms with Crippen LogP contribution in [0.3, 0.4) is 0 Å². The summed E-state index contributed by atoms with van der Waals surface area (Å²) in [4.78, 5) is 11.2. The van der Waals surface area contributed by atoms with E-state index in [2.05, 4.69) is 5.32 Å². The van der Waals surface area contributed by atoms with Gasteiger partial charge in [0.25, 0.3) is 0 Å². The van der Waals surface area contributed by atoms with Crippen molar-refractivity contribution in [1.82, 2.24) is 5.32 Å². The second-order valence-electron chi connectivity index (χ2n) is 5.01. The first kappa shape index (κ1) is 13.5. The molecule has 3 heteroatoms. The molecule has 94 valence electrons. The molecule has 0 heterocycles. The Balaban J connectivity index is 1.96. The summed E-state index contributed by atoms with van der Waals surface area (Å²) in [5.41, 5.74) is 0. The molecule has 0 aromatic rings. The van der Waals surface area contributed by atoms with Gasteiger partial charge in [-0.2, -0.15) is 0 Å². The predicted octanol–water partition coefficient (Wildman–Crippen LogP) is 2.50. The van der Waals surface area contributed by atoms with Gasteiger partial charge in [0.2, 0.25) is 0 Å². The Morgan fingerprint density at radius 2 is 2.00 bits per heavy atom. The summed E-state index contributed by atoms with van der Waals surface area (Å²) in [6, 6.07) is 0. The van der Waals surface area contributed by atoms with Crippen LogP contribution in [-0.4, -0.2) is 25.2 Å². The van der Waals surface area contributed by atoms with E-state index in [4.69, 9.17) is 4.74 Å². The Labute approximate surface area is 98.9 Å². The van der Waals surface area contributed by atoms with Crippen molar-refractivity contribution in [2.75, 3.05) is 13.1 Å². The molecule has 3 nitrogen and oxygen atoms in total. The lowest BCUT2D eigenvalue weighted by molar-refractivity contribution is -0.146. The lowest BCUT2D eigenvalue weighted by Gasteiger charge is -2.21. The fourth-order valence-corrected chi connectivity index (χ4v) is 2.28. The Morgan fingerprint density at radius 1 is 1.31 bits per heavy atom. The van der Waals surface area contributed by atoms with Crippen molar-refractivity contribution >= 4 is 5.97 Å². The van der Waals surface area contributed by atoms with Crippen LogP contribution in [0.2, 0.25) is 0 Å². The quantitative estimate of drug-likeness (QED) is 0.559. The van der Waals surface area contributed by atoms with Crippen molar-refractivity contribution in [1.29, 1.82) is 0 Å². The first-order valence-electron chi connectivity index (χ1n) is 6.58. The van der Waals surface area contributed by atoms with Gasteiger partial charge in [-0.1, -0.05) is 32.1 Å². The highest BCUT2D eigenvalue weighted by atomic mass is 16.5. The normalized spacial score (nSPS) is 17.7. The van der Waals surface area contributed by atoms with Crippen molar-refractivity contribution in [3.8, 4) is 0 Å². The average Bonchev–Trinajstić information content (AvgIpc) is 2.25. The van der Waals surface area contributed by atoms with Gasteiger partial charge in [-0.3, -0.25) is 4.79 Å². The third-order valence-corrected chi connectivity index (χ3v) is 3.09. The monoisotopic (exact) mass is 227 g/mol. The van der Waals surface area contributed by atoms with Gasteiger partial charge < -0.3 is 10.1 Å². The smallest absolute Gasteiger partial charge is 0.320 e. The van der Waals surface area contributed by atoms with E-state index in [0.717, 1.165) is 12.5 Å². The van der Waals surface area contributed by atoms with Gasteiger partial charge in [-0.25, -0.2) is 0 Å². The van der Waals surface area contributed by atoms with Gasteiger partial charge in [0.05, 0.1) is 12.6 Å². The zero-order chi connectivity index (χ0) is 11.8. The molecule has 1 rings (SSSR count). The molecule has 0 saturated heterocycles. The van der Waals surface area contributed by atoms with Crippen LogP contribution in [0.25, 0.3) is 0 Å². The van der Waals surface area contributed by atoms with E-state index in [1.807, 2.05) is 13.8 Å². The summed E-state index contributed by atoms with van der Waals surface area (Å²) >= 11 is 0. The standard InChI is InChI=1S/C13H25NO2/c1-11(2)16-13(15)10-14-9-8-12-6-4-3-5-7-12/h11-12,14H,3-10H2,1-2H3. The fraction of sp³-hybridized carbons (Fsp3) is 0.923. The number of carbonyl (C=O) groups is 1. The molecule has 0 radical (unpaired) electrons. The molecule has 0 aromatic carbocycles. The Bertz CT molecular complexity index is 198. The van der Waals surface area contributed by atoms with Crippen molar-refractivity contribution in [2.24, 2.45) is 5.92 Å². The van der Waals surface area contributed by atoms with Crippen molar-refractivity contribution in [2.45, 2.75) is 58.5 Å². The molecule has 1 fully saturated rings. The zero-order valence-corrected chi connectivity index (χ0v) is 10.6. The van der Waals surface area contributed by atoms with Gasteiger partial charge in [0, 0.05) is 0 Å². The van der Waals surface area contributed by atoms with Crippen LogP contribution < -0.4 is 5.32 Å². The topological polar surface area (TPSA) is 38.3 Å². The molecular weight excluding hydrogens is 202 g/mol. The van der Waals surface area contributed by atoms with Crippen LogP contribution >= 0.6 is 0 Å². The number of nitrogens with one attached hydrogen (secondary N) is 1. The maximum atomic E-state index is 11.2. The molecule has 16 heavy (non-hydrogen) atoms. The molecule has 1 aliphatic carbocycles. The number of rotatable bonds is 6. The lowest BCUT2D eigenvalue weighted by atomic mass is 9.87. The number of carbonyl (C=O) groups excluding carboxylic acids is 1. The molecule has 0 spiro atoms. The Kier molecular flexibility index (Phi) is 6.46. The van der Waals surface area contributed by atoms with Crippen LogP contribution in [0.4, 0.5) is 0 Å². The van der Waals surface area contributed by atoms with Crippen LogP contribution in [0.5, 0.6) is 0 Å². The largest absolute Gasteiger partial charge is 0.462 e. The van der Waals surface area contributed by atoms with Gasteiger partial charge in [0.1, 0.15) is 0 Å². The van der Waals surface area contributed by atoms with Gasteiger partial charge in [-0.05, 0) is 32.7 Å². The van der Waals surface area contributed by atoms with E-state index in [1.165, 1.54) is 38.5 Å². The minimum atomic E-state index is -0.140. The van der Waals surface area contributed by atoms with Crippen molar-refractivity contribution in [3.05, 3.63) is 0 Å². The molecular formula is C13H25NO2. The molecule has 0 unspecified atom stereocenters. The van der Waals surface area contributed by atoms with E-state index in [1.54, 1.807) is 0 Å². The third-order valence-electron chi connectivity index (χ3n) is 3.09. The minimum Gasteiger partial charge on any atom is -0.462 e. The van der Waals surface area contributed by atoms with Gasteiger partial charge in [0.15, 0.2) is 0 Å². The Hall–Kier alpha value is -0.570. The Morgan fingerprint density at radius 3 is 2.62 bits per heavy atom. The summed E-state index contributed by atoms with van der Waals surface area (Å²) in [5, 5.41) is 3.16. The van der Waals surface area contributed by atoms with Crippen LogP contribution in [0.15, 0.2) is 0 Å². The van der Waals surface area contributed by atoms with Crippen molar-refractivity contribution in [3.63, 3.8) is 0 Å². The summed E-state index contributed by atoms with van der Waals surface area (Å²) in [6.45, 7) is 5.04. The maximum absolute atomic E-state index is 11.2. The van der Waals surface area contributed by atoms with E-state index in [9.17, 15) is 4.79 Å². The number of hydrogen-bond acceptors (Lipinski definition) is 3. The van der Waals surface area contributed by atoms with E-state index in [0.29, 0.717) is 6.54 Å². The summed E-state index contributed by atoms with van der Waals surface area (Å²) in [7, 11) is 0. The van der Waals surface area contributed by atoms with Gasteiger partial charge in [-0.15, -0.1) is 0 Å². The SMILES string of the molecule is CC(C)OC(=O)CNCCC1CCCCC1. The molecule has 1 N–H and O–H groups in total. The highest BCUT2D eigenvalue weighted by molar-refractivity contribution is 5.71. The van der Waals surface area contributed by atoms with Crippen LogP contribution in [-0.2, 0) is 9.53 Å². The zero-order valence-electron chi connectivity index (χ0n) is 10.6. The van der Waals surface area contributed by atoms with Gasteiger partial charge >= 0.3 is 5.97 Å². The molecule has 0 aliphatic heterocycles. The van der Waals surface area contributed by atoms with Crippen molar-refractivity contribution < 1.29 is 9.53 Å². The molecule has 1 saturated carbocycles. The second-order valence-corrected chi connectivity index (χ2v) is 5.01. The highest BCUT2D eigenvalue weighted by Gasteiger charge is 2.12. The predicted molar refractivity (Wildman–Crippen MR) is 65.3 cm³/mol. The summed E-state index contributed by atoms with van der Waals surface area (Å²) in [6.07, 6.45) is 8.13. The second kappa shape index (κ2) is 7.66. The maximum Gasteiger partial charge on any atom is 0.320 e. The molecule has 0 bridgehead atoms. The number of hydrogen-bond donors (Lipinski definition) is 1. The first-order valence-corrected chi connectivity index (χ1v) is 6.58. The fourth-order valence-electron chi connectivity index (χ4n) is 2.28. The van der Waals surface area contributed by atoms with Crippen LogP contribution in [0.1, 0.15) is 52.4 Å². The molecule has 1 aliphatic rings. The van der Waals surface area contributed by atoms with E-state index >= 15 is 0 Å². The highest BCUT2D eigenvalue weighted by Crippen LogP contribution is 2.25. The number of esters is 1. The lowest BCUT2D eigenvalue weighted by Crippen LogP contribution is -2.28. The average molecular weight is 227 g/mol. The summed E-state index contributed by atoms with van der Waals surface area (Å²) in [5.74, 6) is 0.737. The molecule has 0 aromatic heterocycles. The van der Waals surface area contributed by atoms with E-state index in [-0.39, 0.29) is 12.1 Å². The summed E-state index contributed by atoms with van der Waals surface area (Å²) < 4.78 is 5.04. The van der Waals surface area contributed by atoms with E-state index < -0.39 is 0 Å². The molecule has 0 amide bonds. The van der Waals surface area contributed by atoms with Crippen LogP contribution in [0, 0.1) is 5.92 Å². The first-order chi connectivity index (χ1) is 7.68. The third kappa shape index (κ3) is 6.11. The minimum absolute atomic E-state index is 0.00681. The molecule has 0 atom stereocenters.